The van der Waals surface area contributed by atoms with Crippen LogP contribution in [0.1, 0.15) is 58.9 Å². The number of carbonyl (C=O) groups is 3. The molecule has 0 N–H and O–H groups in total. The van der Waals surface area contributed by atoms with Gasteiger partial charge in [0.1, 0.15) is 5.75 Å². The van der Waals surface area contributed by atoms with Crippen molar-refractivity contribution < 1.29 is 23.9 Å². The second-order valence-electron chi connectivity index (χ2n) is 11.6. The SMILES string of the molecule is COc1ccc(CC(=O)O[C@]2(C(C)=O)CCC3C4C=C(C)C5=CC(=O)C=C[C@]5(C)C4CC[C@@]32C)cc1. The fraction of sp³-hybridized carbons (Fsp3) is 0.516. The van der Waals surface area contributed by atoms with Gasteiger partial charge in [0.05, 0.1) is 13.5 Å². The van der Waals surface area contributed by atoms with Crippen LogP contribution in [-0.2, 0) is 25.5 Å². The smallest absolute Gasteiger partial charge is 0.311 e. The molecule has 0 bridgehead atoms. The van der Waals surface area contributed by atoms with Gasteiger partial charge in [-0.25, -0.2) is 0 Å². The predicted molar refractivity (Wildman–Crippen MR) is 137 cm³/mol. The first-order valence-corrected chi connectivity index (χ1v) is 13.0. The average Bonchev–Trinajstić information content (AvgIpc) is 3.14. The van der Waals surface area contributed by atoms with Gasteiger partial charge in [0.2, 0.25) is 0 Å². The molecule has 6 atom stereocenters. The maximum atomic E-state index is 13.3. The molecule has 190 valence electrons. The maximum Gasteiger partial charge on any atom is 0.311 e. The Bertz CT molecular complexity index is 1200. The van der Waals surface area contributed by atoms with E-state index in [0.29, 0.717) is 12.3 Å². The van der Waals surface area contributed by atoms with E-state index in [-0.39, 0.29) is 41.2 Å². The molecular weight excluding hydrogens is 452 g/mol. The van der Waals surface area contributed by atoms with Gasteiger partial charge in [-0.05, 0) is 92.7 Å². The Hall–Kier alpha value is -2.95. The van der Waals surface area contributed by atoms with Crippen molar-refractivity contribution in [1.29, 1.82) is 0 Å². The number of ketones is 2. The highest BCUT2D eigenvalue weighted by Gasteiger charge is 2.67. The fourth-order valence-corrected chi connectivity index (χ4v) is 8.02. The van der Waals surface area contributed by atoms with E-state index in [1.807, 2.05) is 24.3 Å². The van der Waals surface area contributed by atoms with E-state index in [1.165, 1.54) is 0 Å². The normalized spacial score (nSPS) is 36.7. The van der Waals surface area contributed by atoms with Crippen LogP contribution < -0.4 is 4.74 Å². The lowest BCUT2D eigenvalue weighted by Gasteiger charge is -2.57. The number of ether oxygens (including phenoxy) is 2. The van der Waals surface area contributed by atoms with Crippen LogP contribution in [0.3, 0.4) is 0 Å². The highest BCUT2D eigenvalue weighted by Crippen LogP contribution is 2.67. The van der Waals surface area contributed by atoms with Crippen LogP contribution in [0.5, 0.6) is 5.75 Å². The van der Waals surface area contributed by atoms with Crippen LogP contribution in [0.2, 0.25) is 0 Å². The van der Waals surface area contributed by atoms with Gasteiger partial charge in [0, 0.05) is 10.8 Å². The highest BCUT2D eigenvalue weighted by atomic mass is 16.6. The van der Waals surface area contributed by atoms with E-state index in [9.17, 15) is 14.4 Å². The number of benzene rings is 1. The van der Waals surface area contributed by atoms with Crippen LogP contribution in [0.15, 0.2) is 59.7 Å². The average molecular weight is 489 g/mol. The first-order chi connectivity index (χ1) is 17.0. The molecule has 0 saturated heterocycles. The fourth-order valence-electron chi connectivity index (χ4n) is 8.02. The third-order valence-electron chi connectivity index (χ3n) is 9.91. The first-order valence-electron chi connectivity index (χ1n) is 13.0. The molecule has 0 radical (unpaired) electrons. The Morgan fingerprint density at radius 3 is 2.42 bits per heavy atom. The van der Waals surface area contributed by atoms with Crippen LogP contribution in [0, 0.1) is 28.6 Å². The Labute approximate surface area is 213 Å². The number of allylic oxidation sites excluding steroid dienone is 6. The van der Waals surface area contributed by atoms with Gasteiger partial charge >= 0.3 is 5.97 Å². The molecule has 4 aliphatic rings. The molecular formula is C31H36O5. The van der Waals surface area contributed by atoms with E-state index in [4.69, 9.17) is 9.47 Å². The molecule has 0 spiro atoms. The summed E-state index contributed by atoms with van der Waals surface area (Å²) in [4.78, 5) is 38.6. The van der Waals surface area contributed by atoms with Gasteiger partial charge in [-0.2, -0.15) is 0 Å². The van der Waals surface area contributed by atoms with E-state index < -0.39 is 11.0 Å². The molecule has 5 heteroatoms. The lowest BCUT2D eigenvalue weighted by atomic mass is 9.48. The number of hydrogen-bond donors (Lipinski definition) is 0. The minimum absolute atomic E-state index is 0.0505. The Morgan fingerprint density at radius 1 is 1.06 bits per heavy atom. The number of carbonyl (C=O) groups excluding carboxylic acids is 3. The van der Waals surface area contributed by atoms with E-state index in [2.05, 4.69) is 32.9 Å². The number of methoxy groups -OCH3 is 1. The number of esters is 1. The largest absolute Gasteiger partial charge is 0.497 e. The zero-order chi connectivity index (χ0) is 25.9. The molecule has 0 amide bonds. The molecule has 2 saturated carbocycles. The molecule has 0 heterocycles. The third kappa shape index (κ3) is 3.54. The zero-order valence-corrected chi connectivity index (χ0v) is 21.9. The quantitative estimate of drug-likeness (QED) is 0.506. The molecule has 5 rings (SSSR count). The van der Waals surface area contributed by atoms with Crippen molar-refractivity contribution in [1.82, 2.24) is 0 Å². The molecule has 2 fully saturated rings. The Morgan fingerprint density at radius 2 is 1.75 bits per heavy atom. The molecule has 1 aromatic rings. The predicted octanol–water partition coefficient (Wildman–Crippen LogP) is 5.58. The second-order valence-corrected chi connectivity index (χ2v) is 11.6. The first kappa shape index (κ1) is 24.7. The van der Waals surface area contributed by atoms with E-state index >= 15 is 0 Å². The van der Waals surface area contributed by atoms with Crippen LogP contribution >= 0.6 is 0 Å². The van der Waals surface area contributed by atoms with Crippen molar-refractivity contribution in [3.63, 3.8) is 0 Å². The van der Waals surface area contributed by atoms with Crippen molar-refractivity contribution >= 4 is 17.5 Å². The molecule has 4 aliphatic carbocycles. The van der Waals surface area contributed by atoms with Crippen LogP contribution in [0.25, 0.3) is 0 Å². The zero-order valence-electron chi connectivity index (χ0n) is 21.9. The summed E-state index contributed by atoms with van der Waals surface area (Å²) in [6.07, 6.45) is 11.2. The van der Waals surface area contributed by atoms with Crippen LogP contribution in [-0.4, -0.2) is 30.2 Å². The third-order valence-corrected chi connectivity index (χ3v) is 9.91. The second kappa shape index (κ2) is 8.57. The summed E-state index contributed by atoms with van der Waals surface area (Å²) in [5, 5.41) is 0. The van der Waals surface area contributed by atoms with Gasteiger partial charge in [-0.3, -0.25) is 14.4 Å². The summed E-state index contributed by atoms with van der Waals surface area (Å²) in [6.45, 7) is 8.10. The van der Waals surface area contributed by atoms with Crippen molar-refractivity contribution in [3.05, 3.63) is 65.3 Å². The van der Waals surface area contributed by atoms with E-state index in [0.717, 1.165) is 41.7 Å². The summed E-state index contributed by atoms with van der Waals surface area (Å²) >= 11 is 0. The lowest BCUT2D eigenvalue weighted by Crippen LogP contribution is -2.58. The monoisotopic (exact) mass is 488 g/mol. The van der Waals surface area contributed by atoms with Crippen molar-refractivity contribution in [2.24, 2.45) is 28.6 Å². The Kier molecular flexibility index (Phi) is 5.89. The Balaban J connectivity index is 1.44. The number of rotatable bonds is 5. The molecule has 3 unspecified atom stereocenters. The van der Waals surface area contributed by atoms with E-state index in [1.54, 1.807) is 26.2 Å². The van der Waals surface area contributed by atoms with Gasteiger partial charge < -0.3 is 9.47 Å². The summed E-state index contributed by atoms with van der Waals surface area (Å²) in [5.74, 6) is 1.22. The minimum atomic E-state index is -1.11. The maximum absolute atomic E-state index is 13.3. The molecule has 0 aromatic heterocycles. The lowest BCUT2D eigenvalue weighted by molar-refractivity contribution is -0.186. The summed E-state index contributed by atoms with van der Waals surface area (Å²) in [6, 6.07) is 7.36. The topological polar surface area (TPSA) is 69.7 Å². The van der Waals surface area contributed by atoms with Gasteiger partial charge in [-0.1, -0.05) is 43.7 Å². The molecule has 1 aromatic carbocycles. The van der Waals surface area contributed by atoms with Crippen LogP contribution in [0.4, 0.5) is 0 Å². The molecule has 0 aliphatic heterocycles. The standard InChI is InChI=1S/C31H36O5/c1-19-16-24-25(29(3)13-10-22(33)18-27(19)29)11-14-30(4)26(24)12-15-31(30,20(2)32)36-28(34)17-21-6-8-23(35-5)9-7-21/h6-10,13,16,18,24-26H,11-12,14-15,17H2,1-5H3/t24?,25?,26?,29-,30+,31+/m1/s1. The highest BCUT2D eigenvalue weighted by molar-refractivity contribution is 6.02. The van der Waals surface area contributed by atoms with Gasteiger partial charge in [0.25, 0.3) is 0 Å². The number of fused-ring (bicyclic) bond motifs is 5. The number of Topliss-reactive ketones (excluding diaryl/α,β-unsaturated/α-hetero) is 1. The molecule has 5 nitrogen and oxygen atoms in total. The van der Waals surface area contributed by atoms with Gasteiger partial charge in [-0.15, -0.1) is 0 Å². The minimum Gasteiger partial charge on any atom is -0.497 e. The number of hydrogen-bond acceptors (Lipinski definition) is 5. The van der Waals surface area contributed by atoms with Crippen molar-refractivity contribution in [3.8, 4) is 5.75 Å². The van der Waals surface area contributed by atoms with Crippen molar-refractivity contribution in [2.45, 2.75) is 65.4 Å². The summed E-state index contributed by atoms with van der Waals surface area (Å²) in [5.41, 5.74) is 1.38. The summed E-state index contributed by atoms with van der Waals surface area (Å²) < 4.78 is 11.4. The summed E-state index contributed by atoms with van der Waals surface area (Å²) in [7, 11) is 1.61. The molecule has 36 heavy (non-hydrogen) atoms. The van der Waals surface area contributed by atoms with Gasteiger partial charge in [0.15, 0.2) is 17.2 Å². The van der Waals surface area contributed by atoms with Crippen molar-refractivity contribution in [2.75, 3.05) is 7.11 Å².